The highest BCUT2D eigenvalue weighted by atomic mass is 32.1. The van der Waals surface area contributed by atoms with Crippen molar-refractivity contribution in [3.63, 3.8) is 0 Å². The molecule has 0 unspecified atom stereocenters. The second-order valence-electron chi connectivity index (χ2n) is 4.38. The van der Waals surface area contributed by atoms with Crippen LogP contribution in [0.25, 0.3) is 0 Å². The van der Waals surface area contributed by atoms with Crippen molar-refractivity contribution in [1.82, 2.24) is 5.32 Å². The van der Waals surface area contributed by atoms with E-state index in [-0.39, 0.29) is 5.91 Å². The fourth-order valence-corrected chi connectivity index (χ4v) is 2.62. The van der Waals surface area contributed by atoms with Crippen LogP contribution in [-0.4, -0.2) is 19.5 Å². The first kappa shape index (κ1) is 13.6. The van der Waals surface area contributed by atoms with E-state index in [9.17, 15) is 4.79 Å². The van der Waals surface area contributed by atoms with Crippen molar-refractivity contribution in [3.8, 4) is 0 Å². The number of benzene rings is 1. The molecule has 0 bridgehead atoms. The summed E-state index contributed by atoms with van der Waals surface area (Å²) in [5, 5.41) is 8.07. The van der Waals surface area contributed by atoms with Crippen LogP contribution in [0.4, 0.5) is 5.69 Å². The summed E-state index contributed by atoms with van der Waals surface area (Å²) in [7, 11) is 1.83. The zero-order valence-corrected chi connectivity index (χ0v) is 12.0. The van der Waals surface area contributed by atoms with E-state index < -0.39 is 0 Å². The third-order valence-corrected chi connectivity index (χ3v) is 3.86. The number of carbonyl (C=O) groups is 1. The monoisotopic (exact) mass is 274 g/mol. The van der Waals surface area contributed by atoms with Gasteiger partial charge in [0.05, 0.1) is 5.56 Å². The Labute approximate surface area is 117 Å². The highest BCUT2D eigenvalue weighted by Crippen LogP contribution is 2.16. The van der Waals surface area contributed by atoms with Crippen molar-refractivity contribution in [2.75, 3.05) is 18.9 Å². The Kier molecular flexibility index (Phi) is 4.58. The van der Waals surface area contributed by atoms with Gasteiger partial charge < -0.3 is 10.6 Å². The van der Waals surface area contributed by atoms with Crippen LogP contribution in [-0.2, 0) is 6.42 Å². The molecule has 0 aliphatic heterocycles. The number of anilines is 1. The molecule has 2 aromatic rings. The predicted octanol–water partition coefficient (Wildman–Crippen LogP) is 3.07. The summed E-state index contributed by atoms with van der Waals surface area (Å²) in [6.45, 7) is 2.65. The van der Waals surface area contributed by atoms with Gasteiger partial charge in [-0.2, -0.15) is 0 Å². The van der Waals surface area contributed by atoms with Gasteiger partial charge in [0.2, 0.25) is 0 Å². The van der Waals surface area contributed by atoms with E-state index >= 15 is 0 Å². The van der Waals surface area contributed by atoms with E-state index in [0.29, 0.717) is 12.1 Å². The zero-order valence-electron chi connectivity index (χ0n) is 11.2. The number of rotatable bonds is 5. The highest BCUT2D eigenvalue weighted by molar-refractivity contribution is 7.09. The average Bonchev–Trinajstić information content (AvgIpc) is 2.91. The maximum Gasteiger partial charge on any atom is 0.253 e. The van der Waals surface area contributed by atoms with Gasteiger partial charge in [-0.25, -0.2) is 0 Å². The molecule has 3 nitrogen and oxygen atoms in total. The summed E-state index contributed by atoms with van der Waals surface area (Å²) in [5.41, 5.74) is 2.65. The van der Waals surface area contributed by atoms with E-state index in [1.54, 1.807) is 11.3 Å². The van der Waals surface area contributed by atoms with Crippen molar-refractivity contribution in [2.24, 2.45) is 0 Å². The zero-order chi connectivity index (χ0) is 13.7. The molecule has 0 fully saturated rings. The fraction of sp³-hybridized carbons (Fsp3) is 0.267. The van der Waals surface area contributed by atoms with Crippen LogP contribution in [0.3, 0.4) is 0 Å². The molecule has 1 heterocycles. The van der Waals surface area contributed by atoms with Gasteiger partial charge in [-0.05, 0) is 36.9 Å². The Bertz CT molecular complexity index is 549. The Hall–Kier alpha value is -1.81. The van der Waals surface area contributed by atoms with Gasteiger partial charge in [-0.15, -0.1) is 11.3 Å². The lowest BCUT2D eigenvalue weighted by Crippen LogP contribution is -2.26. The summed E-state index contributed by atoms with van der Waals surface area (Å²) in [6.07, 6.45) is 0.879. The molecule has 2 N–H and O–H groups in total. The quantitative estimate of drug-likeness (QED) is 0.879. The van der Waals surface area contributed by atoms with Gasteiger partial charge in [0.25, 0.3) is 5.91 Å². The van der Waals surface area contributed by atoms with Gasteiger partial charge in [-0.1, -0.05) is 17.7 Å². The van der Waals surface area contributed by atoms with Crippen molar-refractivity contribution < 1.29 is 4.79 Å². The average molecular weight is 274 g/mol. The van der Waals surface area contributed by atoms with Crippen molar-refractivity contribution in [2.45, 2.75) is 13.3 Å². The van der Waals surface area contributed by atoms with Gasteiger partial charge >= 0.3 is 0 Å². The van der Waals surface area contributed by atoms with Crippen LogP contribution >= 0.6 is 11.3 Å². The number of hydrogen-bond acceptors (Lipinski definition) is 3. The predicted molar refractivity (Wildman–Crippen MR) is 81.1 cm³/mol. The van der Waals surface area contributed by atoms with Crippen LogP contribution in [0.15, 0.2) is 35.7 Å². The van der Waals surface area contributed by atoms with Gasteiger partial charge in [0.15, 0.2) is 0 Å². The summed E-state index contributed by atoms with van der Waals surface area (Å²) in [6, 6.07) is 9.95. The molecule has 100 valence electrons. The number of amides is 1. The van der Waals surface area contributed by atoms with Crippen LogP contribution in [0, 0.1) is 6.92 Å². The lowest BCUT2D eigenvalue weighted by molar-refractivity contribution is 0.0955. The number of carbonyl (C=O) groups excluding carboxylic acids is 1. The molecule has 0 saturated carbocycles. The lowest BCUT2D eigenvalue weighted by atomic mass is 10.1. The Morgan fingerprint density at radius 1 is 1.32 bits per heavy atom. The molecule has 0 aliphatic rings. The molecular weight excluding hydrogens is 256 g/mol. The molecular formula is C15H18N2OS. The molecule has 19 heavy (non-hydrogen) atoms. The number of thiophene rings is 1. The van der Waals surface area contributed by atoms with Crippen LogP contribution in [0.2, 0.25) is 0 Å². The normalized spacial score (nSPS) is 10.2. The first-order valence-corrected chi connectivity index (χ1v) is 7.17. The Morgan fingerprint density at radius 2 is 2.16 bits per heavy atom. The van der Waals surface area contributed by atoms with E-state index in [1.807, 2.05) is 38.2 Å². The van der Waals surface area contributed by atoms with Crippen molar-refractivity contribution in [3.05, 3.63) is 51.7 Å². The fourth-order valence-electron chi connectivity index (χ4n) is 1.91. The maximum absolute atomic E-state index is 12.2. The molecule has 1 amide bonds. The number of hydrogen-bond donors (Lipinski definition) is 2. The highest BCUT2D eigenvalue weighted by Gasteiger charge is 2.10. The minimum atomic E-state index is -0.0235. The largest absolute Gasteiger partial charge is 0.387 e. The first-order valence-electron chi connectivity index (χ1n) is 6.29. The first-order chi connectivity index (χ1) is 9.20. The van der Waals surface area contributed by atoms with Gasteiger partial charge in [-0.3, -0.25) is 4.79 Å². The topological polar surface area (TPSA) is 41.1 Å². The molecule has 0 aliphatic carbocycles. The van der Waals surface area contributed by atoms with Crippen molar-refractivity contribution in [1.29, 1.82) is 0 Å². The summed E-state index contributed by atoms with van der Waals surface area (Å²) in [4.78, 5) is 13.4. The maximum atomic E-state index is 12.2. The van der Waals surface area contributed by atoms with Crippen molar-refractivity contribution >= 4 is 22.9 Å². The third kappa shape index (κ3) is 3.58. The second-order valence-corrected chi connectivity index (χ2v) is 5.42. The summed E-state index contributed by atoms with van der Waals surface area (Å²) in [5.74, 6) is -0.0235. The third-order valence-electron chi connectivity index (χ3n) is 2.93. The molecule has 4 heteroatoms. The van der Waals surface area contributed by atoms with Crippen LogP contribution in [0.5, 0.6) is 0 Å². The summed E-state index contributed by atoms with van der Waals surface area (Å²) < 4.78 is 0. The van der Waals surface area contributed by atoms with Crippen LogP contribution in [0.1, 0.15) is 20.8 Å². The van der Waals surface area contributed by atoms with E-state index in [2.05, 4.69) is 22.1 Å². The minimum Gasteiger partial charge on any atom is -0.387 e. The SMILES string of the molecule is CNc1ccc(C)cc1C(=O)NCCc1cccs1. The molecule has 1 aromatic carbocycles. The summed E-state index contributed by atoms with van der Waals surface area (Å²) >= 11 is 1.72. The Morgan fingerprint density at radius 3 is 2.84 bits per heavy atom. The number of nitrogens with one attached hydrogen (secondary N) is 2. The number of aryl methyl sites for hydroxylation is 1. The van der Waals surface area contributed by atoms with E-state index in [4.69, 9.17) is 0 Å². The minimum absolute atomic E-state index is 0.0235. The van der Waals surface area contributed by atoms with E-state index in [1.165, 1.54) is 4.88 Å². The van der Waals surface area contributed by atoms with Crippen LogP contribution < -0.4 is 10.6 Å². The molecule has 1 aromatic heterocycles. The molecule has 0 radical (unpaired) electrons. The van der Waals surface area contributed by atoms with Gasteiger partial charge in [0.1, 0.15) is 0 Å². The molecule has 2 rings (SSSR count). The smallest absolute Gasteiger partial charge is 0.253 e. The molecule has 0 saturated heterocycles. The van der Waals surface area contributed by atoms with E-state index in [0.717, 1.165) is 17.7 Å². The Balaban J connectivity index is 1.97. The lowest BCUT2D eigenvalue weighted by Gasteiger charge is -2.10. The second kappa shape index (κ2) is 6.38. The molecule has 0 spiro atoms. The molecule has 0 atom stereocenters. The van der Waals surface area contributed by atoms with Gasteiger partial charge in [0, 0.05) is 24.2 Å². The standard InChI is InChI=1S/C15H18N2OS/c1-11-5-6-14(16-2)13(10-11)15(18)17-8-7-12-4-3-9-19-12/h3-6,9-10,16H,7-8H2,1-2H3,(H,17,18).